The van der Waals surface area contributed by atoms with Gasteiger partial charge in [0.2, 0.25) is 0 Å². The largest absolute Gasteiger partial charge is 0.295 e. The maximum atomic E-state index is 12.9. The van der Waals surface area contributed by atoms with Gasteiger partial charge >= 0.3 is 0 Å². The molecule has 3 aromatic rings. The van der Waals surface area contributed by atoms with E-state index in [2.05, 4.69) is 10.4 Å². The highest BCUT2D eigenvalue weighted by Gasteiger charge is 2.18. The van der Waals surface area contributed by atoms with E-state index in [1.165, 1.54) is 17.1 Å². The van der Waals surface area contributed by atoms with Crippen LogP contribution in [0.25, 0.3) is 5.69 Å². The Morgan fingerprint density at radius 1 is 1.04 bits per heavy atom. The van der Waals surface area contributed by atoms with Crippen LogP contribution in [0.4, 0.5) is 4.39 Å². The molecule has 2 aromatic carbocycles. The summed E-state index contributed by atoms with van der Waals surface area (Å²) in [6, 6.07) is 13.2. The summed E-state index contributed by atoms with van der Waals surface area (Å²) in [6.07, 6.45) is 2.76. The molecule has 0 bridgehead atoms. The van der Waals surface area contributed by atoms with Crippen molar-refractivity contribution in [3.8, 4) is 5.69 Å². The minimum atomic E-state index is -4.02. The number of hydrogen-bond donors (Lipinski definition) is 2. The number of amides is 1. The number of benzene rings is 2. The molecule has 128 valence electrons. The molecule has 7 nitrogen and oxygen atoms in total. The fourth-order valence-electron chi connectivity index (χ4n) is 2.11. The third kappa shape index (κ3) is 3.73. The van der Waals surface area contributed by atoms with Gasteiger partial charge in [-0.3, -0.25) is 14.8 Å². The highest BCUT2D eigenvalue weighted by molar-refractivity contribution is 7.89. The number of carbonyl (C=O) groups excluding carboxylic acids is 1. The molecule has 25 heavy (non-hydrogen) atoms. The Morgan fingerprint density at radius 3 is 2.40 bits per heavy atom. The van der Waals surface area contributed by atoms with Crippen molar-refractivity contribution in [3.05, 3.63) is 78.6 Å². The van der Waals surface area contributed by atoms with Crippen molar-refractivity contribution in [1.82, 2.24) is 19.8 Å². The first-order valence-corrected chi connectivity index (χ1v) is 8.61. The summed E-state index contributed by atoms with van der Waals surface area (Å²) in [5.74, 6) is -1.25. The number of sulfonamides is 1. The fourth-order valence-corrected chi connectivity index (χ4v) is 2.95. The van der Waals surface area contributed by atoms with Gasteiger partial charge in [0.1, 0.15) is 11.5 Å². The molecule has 3 rings (SSSR count). The van der Waals surface area contributed by atoms with Crippen molar-refractivity contribution < 1.29 is 17.6 Å². The average molecular weight is 360 g/mol. The predicted molar refractivity (Wildman–Crippen MR) is 87.8 cm³/mol. The molecule has 0 atom stereocenters. The Morgan fingerprint density at radius 2 is 1.72 bits per heavy atom. The molecule has 0 saturated carbocycles. The molecule has 1 heterocycles. The summed E-state index contributed by atoms with van der Waals surface area (Å²) in [5, 5.41) is 0. The molecule has 0 aliphatic heterocycles. The van der Waals surface area contributed by atoms with Gasteiger partial charge in [0.15, 0.2) is 0 Å². The van der Waals surface area contributed by atoms with Crippen molar-refractivity contribution in [2.24, 2.45) is 0 Å². The lowest BCUT2D eigenvalue weighted by Gasteiger charge is -2.10. The lowest BCUT2D eigenvalue weighted by molar-refractivity contribution is 0.0938. The number of halogens is 1. The van der Waals surface area contributed by atoms with Gasteiger partial charge in [-0.15, -0.1) is 4.83 Å². The van der Waals surface area contributed by atoms with Crippen molar-refractivity contribution in [1.29, 1.82) is 0 Å². The molecule has 1 aromatic heterocycles. The summed E-state index contributed by atoms with van der Waals surface area (Å²) >= 11 is 0. The molecular formula is C16H13FN4O3S. The van der Waals surface area contributed by atoms with Crippen LogP contribution in [0.5, 0.6) is 0 Å². The molecule has 9 heteroatoms. The molecule has 0 aliphatic rings. The van der Waals surface area contributed by atoms with Gasteiger partial charge in [-0.2, -0.15) is 0 Å². The van der Waals surface area contributed by atoms with Crippen LogP contribution in [-0.2, 0) is 10.0 Å². The van der Waals surface area contributed by atoms with Crippen LogP contribution in [0.2, 0.25) is 0 Å². The first-order valence-electron chi connectivity index (χ1n) is 7.13. The first-order chi connectivity index (χ1) is 12.0. The molecule has 0 fully saturated rings. The number of aromatic nitrogens is 2. The van der Waals surface area contributed by atoms with E-state index in [9.17, 15) is 17.6 Å². The van der Waals surface area contributed by atoms with E-state index < -0.39 is 21.7 Å². The highest BCUT2D eigenvalue weighted by Crippen LogP contribution is 2.11. The molecule has 0 spiro atoms. The maximum Gasteiger partial charge on any atom is 0.284 e. The second kappa shape index (κ2) is 6.83. The number of para-hydroxylation sites is 1. The van der Waals surface area contributed by atoms with Crippen LogP contribution in [0.15, 0.2) is 72.0 Å². The van der Waals surface area contributed by atoms with Gasteiger partial charge in [-0.05, 0) is 36.4 Å². The van der Waals surface area contributed by atoms with E-state index in [-0.39, 0.29) is 10.6 Å². The van der Waals surface area contributed by atoms with Crippen LogP contribution in [-0.4, -0.2) is 23.9 Å². The van der Waals surface area contributed by atoms with Gasteiger partial charge < -0.3 is 0 Å². The molecule has 1 amide bonds. The second-order valence-corrected chi connectivity index (χ2v) is 6.68. The Labute approximate surface area is 143 Å². The topological polar surface area (TPSA) is 93.1 Å². The number of imidazole rings is 1. The molecule has 0 aliphatic carbocycles. The Kier molecular flexibility index (Phi) is 4.59. The van der Waals surface area contributed by atoms with Crippen molar-refractivity contribution >= 4 is 15.9 Å². The number of hydrogen-bond acceptors (Lipinski definition) is 4. The Bertz CT molecular complexity index is 986. The quantitative estimate of drug-likeness (QED) is 0.677. The monoisotopic (exact) mass is 360 g/mol. The SMILES string of the molecule is O=C(NNS(=O)(=O)c1ccc(F)cc1)c1cncn1-c1ccccc1. The zero-order chi connectivity index (χ0) is 17.9. The zero-order valence-corrected chi connectivity index (χ0v) is 13.6. The summed E-state index contributed by atoms with van der Waals surface area (Å²) in [5.41, 5.74) is 2.96. The lowest BCUT2D eigenvalue weighted by Crippen LogP contribution is -2.42. The standard InChI is InChI=1S/C16H13FN4O3S/c17-12-6-8-14(9-7-12)25(23,24)20-19-16(22)15-10-18-11-21(15)13-4-2-1-3-5-13/h1-11,20H,(H,19,22). The number of nitrogens with zero attached hydrogens (tertiary/aromatic N) is 2. The lowest BCUT2D eigenvalue weighted by atomic mass is 10.3. The van der Waals surface area contributed by atoms with Gasteiger partial charge in [0.05, 0.1) is 17.4 Å². The average Bonchev–Trinajstić information content (AvgIpc) is 3.11. The summed E-state index contributed by atoms with van der Waals surface area (Å²) in [6.45, 7) is 0. The minimum absolute atomic E-state index is 0.146. The molecule has 0 saturated heterocycles. The van der Waals surface area contributed by atoms with E-state index in [0.29, 0.717) is 5.69 Å². The predicted octanol–water partition coefficient (Wildman–Crippen LogP) is 1.63. The van der Waals surface area contributed by atoms with Crippen LogP contribution >= 0.6 is 0 Å². The van der Waals surface area contributed by atoms with E-state index in [4.69, 9.17) is 0 Å². The van der Waals surface area contributed by atoms with Crippen LogP contribution in [0, 0.1) is 5.82 Å². The summed E-state index contributed by atoms with van der Waals surface area (Å²) in [7, 11) is -4.02. The van der Waals surface area contributed by atoms with Crippen LogP contribution in [0.1, 0.15) is 10.5 Å². The molecule has 0 unspecified atom stereocenters. The smallest absolute Gasteiger partial charge is 0.284 e. The van der Waals surface area contributed by atoms with Gasteiger partial charge in [0.25, 0.3) is 15.9 Å². The van der Waals surface area contributed by atoms with E-state index in [1.54, 1.807) is 24.3 Å². The van der Waals surface area contributed by atoms with Gasteiger partial charge in [-0.1, -0.05) is 18.2 Å². The van der Waals surface area contributed by atoms with Crippen molar-refractivity contribution in [2.45, 2.75) is 4.90 Å². The maximum absolute atomic E-state index is 12.9. The first kappa shape index (κ1) is 16.8. The summed E-state index contributed by atoms with van der Waals surface area (Å²) in [4.78, 5) is 18.0. The number of rotatable bonds is 5. The van der Waals surface area contributed by atoms with E-state index in [1.807, 2.05) is 10.9 Å². The minimum Gasteiger partial charge on any atom is -0.295 e. The summed E-state index contributed by atoms with van der Waals surface area (Å²) < 4.78 is 38.6. The molecule has 2 N–H and O–H groups in total. The number of carbonyl (C=O) groups is 1. The fraction of sp³-hybridized carbons (Fsp3) is 0. The molecular weight excluding hydrogens is 347 g/mol. The second-order valence-electron chi connectivity index (χ2n) is 5.00. The van der Waals surface area contributed by atoms with Gasteiger partial charge in [-0.25, -0.2) is 17.8 Å². The van der Waals surface area contributed by atoms with Crippen LogP contribution < -0.4 is 10.3 Å². The Balaban J connectivity index is 1.76. The number of nitrogens with one attached hydrogen (secondary N) is 2. The van der Waals surface area contributed by atoms with Crippen molar-refractivity contribution in [2.75, 3.05) is 0 Å². The zero-order valence-electron chi connectivity index (χ0n) is 12.8. The Hall–Kier alpha value is -3.04. The number of hydrazine groups is 1. The van der Waals surface area contributed by atoms with E-state index in [0.717, 1.165) is 24.3 Å². The third-order valence-electron chi connectivity index (χ3n) is 3.33. The highest BCUT2D eigenvalue weighted by atomic mass is 32.2. The van der Waals surface area contributed by atoms with Gasteiger partial charge in [0, 0.05) is 5.69 Å². The van der Waals surface area contributed by atoms with Crippen molar-refractivity contribution in [3.63, 3.8) is 0 Å². The third-order valence-corrected chi connectivity index (χ3v) is 4.59. The van der Waals surface area contributed by atoms with E-state index >= 15 is 0 Å². The van der Waals surface area contributed by atoms with Crippen LogP contribution in [0.3, 0.4) is 0 Å². The molecule has 0 radical (unpaired) electrons. The normalized spacial score (nSPS) is 11.2.